The predicted molar refractivity (Wildman–Crippen MR) is 96.3 cm³/mol. The maximum atomic E-state index is 14.5. The molecule has 2 heterocycles. The molecule has 1 aromatic carbocycles. The Morgan fingerprint density at radius 1 is 1.26 bits per heavy atom. The quantitative estimate of drug-likeness (QED) is 0.640. The largest absolute Gasteiger partial charge is 0.479 e. The van der Waals surface area contributed by atoms with Crippen LogP contribution in [0, 0.1) is 12.7 Å². The smallest absolute Gasteiger partial charge is 0.419 e. The highest BCUT2D eigenvalue weighted by Gasteiger charge is 2.37. The van der Waals surface area contributed by atoms with Crippen molar-refractivity contribution in [2.24, 2.45) is 0 Å². The second-order valence-electron chi connectivity index (χ2n) is 6.77. The number of carboxylic acids is 1. The molecule has 2 atom stereocenters. The van der Waals surface area contributed by atoms with Crippen LogP contribution in [0.3, 0.4) is 0 Å². The molecule has 1 fully saturated rings. The van der Waals surface area contributed by atoms with Gasteiger partial charge in [0.05, 0.1) is 30.4 Å². The lowest BCUT2D eigenvalue weighted by atomic mass is 10.0. The lowest BCUT2D eigenvalue weighted by Crippen LogP contribution is -2.20. The number of anilines is 1. The summed E-state index contributed by atoms with van der Waals surface area (Å²) in [5.41, 5.74) is -2.43. The zero-order chi connectivity index (χ0) is 22.9. The minimum atomic E-state index is -4.89. The summed E-state index contributed by atoms with van der Waals surface area (Å²) in [6, 6.07) is 1.77. The average molecular weight is 447 g/mol. The first-order chi connectivity index (χ1) is 14.5. The number of ether oxygens (including phenoxy) is 2. The van der Waals surface area contributed by atoms with Crippen LogP contribution in [-0.2, 0) is 20.4 Å². The summed E-state index contributed by atoms with van der Waals surface area (Å²) < 4.78 is 78.8. The van der Waals surface area contributed by atoms with Crippen LogP contribution < -0.4 is 5.32 Å². The van der Waals surface area contributed by atoms with E-state index >= 15 is 0 Å². The fourth-order valence-electron chi connectivity index (χ4n) is 3.17. The molecule has 2 N–H and O–H groups in total. The van der Waals surface area contributed by atoms with Gasteiger partial charge in [-0.05, 0) is 19.9 Å². The highest BCUT2D eigenvalue weighted by atomic mass is 19.4. The number of hydrogen-bond acceptors (Lipinski definition) is 6. The van der Waals surface area contributed by atoms with E-state index in [1.165, 1.54) is 13.8 Å². The Kier molecular flexibility index (Phi) is 6.41. The van der Waals surface area contributed by atoms with Crippen molar-refractivity contribution in [1.82, 2.24) is 9.97 Å². The Labute approximate surface area is 173 Å². The van der Waals surface area contributed by atoms with Crippen LogP contribution in [0.2, 0.25) is 0 Å². The summed E-state index contributed by atoms with van der Waals surface area (Å²) in [5.74, 6) is -3.42. The summed E-state index contributed by atoms with van der Waals surface area (Å²) in [6.07, 6.45) is -8.63. The number of nitrogens with one attached hydrogen (secondary N) is 1. The van der Waals surface area contributed by atoms with Crippen LogP contribution in [0.5, 0.6) is 0 Å². The number of alkyl halides is 4. The molecule has 0 spiro atoms. The van der Waals surface area contributed by atoms with E-state index in [0.29, 0.717) is 6.07 Å². The number of nitrogens with zero attached hydrogens (tertiary/aromatic N) is 2. The fraction of sp³-hybridized carbons (Fsp3) is 0.421. The van der Waals surface area contributed by atoms with Gasteiger partial charge in [0.15, 0.2) is 6.29 Å². The predicted octanol–water partition coefficient (Wildman–Crippen LogP) is 4.26. The van der Waals surface area contributed by atoms with Gasteiger partial charge in [-0.2, -0.15) is 13.2 Å². The van der Waals surface area contributed by atoms with E-state index in [9.17, 15) is 26.7 Å². The molecule has 0 radical (unpaired) electrons. The molecule has 168 valence electrons. The molecular formula is C19H18F5N3O4. The SMILES string of the molecule is Cc1nc(N[C@H](C)c2cccc(C(F)(F)F)c2F)c(C2OCCO2)c(C(F)C(=O)O)n1. The Balaban J connectivity index is 2.06. The van der Waals surface area contributed by atoms with Gasteiger partial charge in [0, 0.05) is 5.56 Å². The number of halogens is 5. The highest BCUT2D eigenvalue weighted by molar-refractivity contribution is 5.75. The van der Waals surface area contributed by atoms with Crippen LogP contribution in [0.25, 0.3) is 0 Å². The average Bonchev–Trinajstić information content (AvgIpc) is 3.20. The third kappa shape index (κ3) is 4.74. The molecule has 0 bridgehead atoms. The maximum Gasteiger partial charge on any atom is 0.419 e. The Hall–Kier alpha value is -2.86. The number of aromatic nitrogens is 2. The van der Waals surface area contributed by atoms with E-state index in [2.05, 4.69) is 15.3 Å². The van der Waals surface area contributed by atoms with Gasteiger partial charge in [-0.3, -0.25) is 0 Å². The van der Waals surface area contributed by atoms with Crippen molar-refractivity contribution < 1.29 is 41.3 Å². The molecule has 31 heavy (non-hydrogen) atoms. The molecule has 7 nitrogen and oxygen atoms in total. The molecule has 0 saturated carbocycles. The van der Waals surface area contributed by atoms with Gasteiger partial charge in [-0.1, -0.05) is 12.1 Å². The van der Waals surface area contributed by atoms with Crippen molar-refractivity contribution in [1.29, 1.82) is 0 Å². The Morgan fingerprint density at radius 2 is 1.90 bits per heavy atom. The van der Waals surface area contributed by atoms with E-state index < -0.39 is 47.7 Å². The van der Waals surface area contributed by atoms with Crippen molar-refractivity contribution in [2.45, 2.75) is 38.5 Å². The van der Waals surface area contributed by atoms with E-state index in [-0.39, 0.29) is 36.0 Å². The summed E-state index contributed by atoms with van der Waals surface area (Å²) in [4.78, 5) is 19.2. The Bertz CT molecular complexity index is 980. The third-order valence-corrected chi connectivity index (χ3v) is 4.56. The summed E-state index contributed by atoms with van der Waals surface area (Å²) in [7, 11) is 0. The molecule has 1 unspecified atom stereocenters. The van der Waals surface area contributed by atoms with Gasteiger partial charge in [0.1, 0.15) is 23.2 Å². The number of carbonyl (C=O) groups is 1. The lowest BCUT2D eigenvalue weighted by Gasteiger charge is -2.23. The van der Waals surface area contributed by atoms with Crippen molar-refractivity contribution in [3.8, 4) is 0 Å². The van der Waals surface area contributed by atoms with Gasteiger partial charge in [0.25, 0.3) is 0 Å². The van der Waals surface area contributed by atoms with Gasteiger partial charge < -0.3 is 19.9 Å². The Morgan fingerprint density at radius 3 is 2.48 bits per heavy atom. The second-order valence-corrected chi connectivity index (χ2v) is 6.77. The molecule has 12 heteroatoms. The van der Waals surface area contributed by atoms with Crippen LogP contribution in [-0.4, -0.2) is 34.3 Å². The monoisotopic (exact) mass is 447 g/mol. The first-order valence-electron chi connectivity index (χ1n) is 9.11. The zero-order valence-corrected chi connectivity index (χ0v) is 16.3. The lowest BCUT2D eigenvalue weighted by molar-refractivity contribution is -0.143. The molecule has 1 aliphatic heterocycles. The second kappa shape index (κ2) is 8.71. The molecule has 1 aliphatic rings. The van der Waals surface area contributed by atoms with E-state index in [1.54, 1.807) is 0 Å². The minimum Gasteiger partial charge on any atom is -0.479 e. The number of aliphatic carboxylic acids is 1. The molecule has 3 rings (SSSR count). The molecular weight excluding hydrogens is 429 g/mol. The summed E-state index contributed by atoms with van der Waals surface area (Å²) in [6.45, 7) is 3.03. The number of carboxylic acid groups (broad SMARTS) is 1. The zero-order valence-electron chi connectivity index (χ0n) is 16.3. The molecule has 2 aromatic rings. The fourth-order valence-corrected chi connectivity index (χ4v) is 3.17. The number of hydrogen-bond donors (Lipinski definition) is 2. The topological polar surface area (TPSA) is 93.6 Å². The maximum absolute atomic E-state index is 14.5. The van der Waals surface area contributed by atoms with Crippen molar-refractivity contribution in [2.75, 3.05) is 18.5 Å². The van der Waals surface area contributed by atoms with Crippen LogP contribution in [0.4, 0.5) is 27.8 Å². The molecule has 0 amide bonds. The van der Waals surface area contributed by atoms with Crippen LogP contribution in [0.1, 0.15) is 53.6 Å². The first kappa shape index (κ1) is 22.8. The molecule has 1 saturated heterocycles. The van der Waals surface area contributed by atoms with Crippen LogP contribution in [0.15, 0.2) is 18.2 Å². The minimum absolute atomic E-state index is 0.0140. The number of aryl methyl sites for hydroxylation is 1. The van der Waals surface area contributed by atoms with E-state index in [1.807, 2.05) is 0 Å². The van der Waals surface area contributed by atoms with Crippen molar-refractivity contribution in [3.05, 3.63) is 52.2 Å². The first-order valence-corrected chi connectivity index (χ1v) is 9.11. The van der Waals surface area contributed by atoms with Crippen molar-refractivity contribution in [3.63, 3.8) is 0 Å². The van der Waals surface area contributed by atoms with Gasteiger partial charge in [-0.25, -0.2) is 23.5 Å². The van der Waals surface area contributed by atoms with Crippen molar-refractivity contribution >= 4 is 11.8 Å². The van der Waals surface area contributed by atoms with Gasteiger partial charge >= 0.3 is 12.1 Å². The third-order valence-electron chi connectivity index (χ3n) is 4.56. The molecule has 0 aliphatic carbocycles. The van der Waals surface area contributed by atoms with E-state index in [0.717, 1.165) is 12.1 Å². The number of rotatable bonds is 6. The number of benzene rings is 1. The standard InChI is InChI=1S/C19H18F5N3O4/c1-8(10-4-3-5-11(13(10)20)19(22,23)24)25-16-12(18-30-6-7-31-18)15(14(21)17(28)29)26-9(2)27-16/h3-5,8,14,18H,6-7H2,1-2H3,(H,28,29)(H,25,26,27)/t8-,14?/m1/s1. The van der Waals surface area contributed by atoms with Gasteiger partial charge in [0.2, 0.25) is 6.17 Å². The van der Waals surface area contributed by atoms with Crippen LogP contribution >= 0.6 is 0 Å². The molecule has 1 aromatic heterocycles. The summed E-state index contributed by atoms with van der Waals surface area (Å²) >= 11 is 0. The van der Waals surface area contributed by atoms with Gasteiger partial charge in [-0.15, -0.1) is 0 Å². The van der Waals surface area contributed by atoms with E-state index in [4.69, 9.17) is 14.6 Å². The normalized spacial score (nSPS) is 16.9. The summed E-state index contributed by atoms with van der Waals surface area (Å²) in [5, 5.41) is 11.8. The highest BCUT2D eigenvalue weighted by Crippen LogP contribution is 2.38.